The molecule has 0 aromatic carbocycles. The van der Waals surface area contributed by atoms with Crippen LogP contribution in [-0.2, 0) is 4.74 Å². The number of hydrazine groups is 1. The summed E-state index contributed by atoms with van der Waals surface area (Å²) >= 11 is 0. The third-order valence-electron chi connectivity index (χ3n) is 2.45. The molecule has 3 N–H and O–H groups in total. The molecule has 76 valence electrons. The summed E-state index contributed by atoms with van der Waals surface area (Å²) in [4.78, 5) is 0. The molecule has 13 heavy (non-hydrogen) atoms. The lowest BCUT2D eigenvalue weighted by Gasteiger charge is -2.30. The van der Waals surface area contributed by atoms with Crippen LogP contribution >= 0.6 is 0 Å². The fourth-order valence-electron chi connectivity index (χ4n) is 1.76. The van der Waals surface area contributed by atoms with Crippen molar-refractivity contribution >= 4 is 0 Å². The molecule has 1 saturated heterocycles. The Morgan fingerprint density at radius 3 is 2.92 bits per heavy atom. The Hall–Kier alpha value is -0.380. The standard InChI is InChI=1S/C10H20N2O/c1-8(2)7-9(12-11)10-5-3-4-6-13-10/h9-10,12H,1,3-7,11H2,2H3. The Kier molecular flexibility index (Phi) is 4.42. The number of nitrogens with two attached hydrogens (primary N) is 1. The summed E-state index contributed by atoms with van der Waals surface area (Å²) < 4.78 is 5.65. The van der Waals surface area contributed by atoms with Crippen molar-refractivity contribution in [1.29, 1.82) is 0 Å². The molecule has 1 aliphatic rings. The van der Waals surface area contributed by atoms with Gasteiger partial charge in [-0.1, -0.05) is 5.57 Å². The number of hydrogen-bond acceptors (Lipinski definition) is 3. The van der Waals surface area contributed by atoms with Crippen LogP contribution < -0.4 is 11.3 Å². The Balaban J connectivity index is 2.39. The zero-order valence-electron chi connectivity index (χ0n) is 8.38. The van der Waals surface area contributed by atoms with E-state index in [1.807, 2.05) is 6.92 Å². The smallest absolute Gasteiger partial charge is 0.0744 e. The fourth-order valence-corrected chi connectivity index (χ4v) is 1.76. The van der Waals surface area contributed by atoms with Crippen molar-refractivity contribution in [2.24, 2.45) is 5.84 Å². The maximum absolute atomic E-state index is 5.65. The van der Waals surface area contributed by atoms with Crippen molar-refractivity contribution in [2.75, 3.05) is 6.61 Å². The van der Waals surface area contributed by atoms with Gasteiger partial charge < -0.3 is 4.74 Å². The lowest BCUT2D eigenvalue weighted by Crippen LogP contribution is -2.46. The van der Waals surface area contributed by atoms with Crippen molar-refractivity contribution in [2.45, 2.75) is 44.8 Å². The van der Waals surface area contributed by atoms with Crippen LogP contribution in [0.5, 0.6) is 0 Å². The predicted octanol–water partition coefficient (Wildman–Crippen LogP) is 1.35. The Bertz CT molecular complexity index is 164. The maximum Gasteiger partial charge on any atom is 0.0744 e. The van der Waals surface area contributed by atoms with Crippen LogP contribution in [0.15, 0.2) is 12.2 Å². The largest absolute Gasteiger partial charge is 0.377 e. The third-order valence-corrected chi connectivity index (χ3v) is 2.45. The van der Waals surface area contributed by atoms with Gasteiger partial charge in [-0.15, -0.1) is 6.58 Å². The van der Waals surface area contributed by atoms with Crippen LogP contribution in [0.2, 0.25) is 0 Å². The van der Waals surface area contributed by atoms with Gasteiger partial charge in [0.25, 0.3) is 0 Å². The van der Waals surface area contributed by atoms with Crippen molar-refractivity contribution in [3.05, 3.63) is 12.2 Å². The van der Waals surface area contributed by atoms with Crippen LogP contribution in [0, 0.1) is 0 Å². The third kappa shape index (κ3) is 3.46. The highest BCUT2D eigenvalue weighted by Gasteiger charge is 2.23. The van der Waals surface area contributed by atoms with Gasteiger partial charge in [0, 0.05) is 6.61 Å². The molecule has 2 atom stereocenters. The van der Waals surface area contributed by atoms with E-state index in [1.54, 1.807) is 0 Å². The van der Waals surface area contributed by atoms with Gasteiger partial charge in [-0.3, -0.25) is 11.3 Å². The van der Waals surface area contributed by atoms with E-state index >= 15 is 0 Å². The van der Waals surface area contributed by atoms with E-state index in [9.17, 15) is 0 Å². The average molecular weight is 184 g/mol. The van der Waals surface area contributed by atoms with Gasteiger partial charge in [0.2, 0.25) is 0 Å². The summed E-state index contributed by atoms with van der Waals surface area (Å²) in [7, 11) is 0. The van der Waals surface area contributed by atoms with Crippen molar-refractivity contribution in [3.8, 4) is 0 Å². The van der Waals surface area contributed by atoms with Crippen molar-refractivity contribution in [1.82, 2.24) is 5.43 Å². The molecule has 1 fully saturated rings. The highest BCUT2D eigenvalue weighted by molar-refractivity contribution is 4.95. The van der Waals surface area contributed by atoms with Gasteiger partial charge in [-0.2, -0.15) is 0 Å². The minimum Gasteiger partial charge on any atom is -0.377 e. The normalized spacial score (nSPS) is 25.5. The Morgan fingerprint density at radius 2 is 2.46 bits per heavy atom. The van der Waals surface area contributed by atoms with Crippen LogP contribution in [-0.4, -0.2) is 18.8 Å². The summed E-state index contributed by atoms with van der Waals surface area (Å²) in [6.07, 6.45) is 4.72. The molecule has 0 bridgehead atoms. The second kappa shape index (κ2) is 5.37. The second-order valence-electron chi connectivity index (χ2n) is 3.84. The van der Waals surface area contributed by atoms with Crippen LogP contribution in [0.3, 0.4) is 0 Å². The number of ether oxygens (including phenoxy) is 1. The van der Waals surface area contributed by atoms with E-state index in [0.717, 1.165) is 25.0 Å². The second-order valence-corrected chi connectivity index (χ2v) is 3.84. The van der Waals surface area contributed by atoms with Crippen LogP contribution in [0.25, 0.3) is 0 Å². The molecule has 1 aliphatic heterocycles. The molecule has 0 aromatic heterocycles. The zero-order valence-corrected chi connectivity index (χ0v) is 8.38. The Morgan fingerprint density at radius 1 is 1.69 bits per heavy atom. The summed E-state index contributed by atoms with van der Waals surface area (Å²) in [6, 6.07) is 0.234. The number of rotatable bonds is 4. The molecule has 0 aromatic rings. The first-order chi connectivity index (χ1) is 6.24. The maximum atomic E-state index is 5.65. The zero-order chi connectivity index (χ0) is 9.68. The van der Waals surface area contributed by atoms with Crippen LogP contribution in [0.1, 0.15) is 32.6 Å². The molecule has 1 rings (SSSR count). The predicted molar refractivity (Wildman–Crippen MR) is 54.1 cm³/mol. The summed E-state index contributed by atoms with van der Waals surface area (Å²) in [5.41, 5.74) is 3.97. The first-order valence-corrected chi connectivity index (χ1v) is 4.96. The van der Waals surface area contributed by atoms with E-state index in [0.29, 0.717) is 0 Å². The molecule has 2 unspecified atom stereocenters. The molecule has 3 heteroatoms. The fraction of sp³-hybridized carbons (Fsp3) is 0.800. The van der Waals surface area contributed by atoms with Crippen molar-refractivity contribution in [3.63, 3.8) is 0 Å². The van der Waals surface area contributed by atoms with Crippen LogP contribution in [0.4, 0.5) is 0 Å². The lowest BCUT2D eigenvalue weighted by atomic mass is 9.98. The molecular formula is C10H20N2O. The SMILES string of the molecule is C=C(C)CC(NN)C1CCCCO1. The molecular weight excluding hydrogens is 164 g/mol. The minimum absolute atomic E-state index is 0.234. The average Bonchev–Trinajstić information content (AvgIpc) is 2.15. The van der Waals surface area contributed by atoms with Crippen molar-refractivity contribution < 1.29 is 4.74 Å². The summed E-state index contributed by atoms with van der Waals surface area (Å²) in [6.45, 7) is 6.78. The minimum atomic E-state index is 0.234. The van der Waals surface area contributed by atoms with Gasteiger partial charge in [-0.05, 0) is 32.6 Å². The van der Waals surface area contributed by atoms with E-state index in [4.69, 9.17) is 10.6 Å². The van der Waals surface area contributed by atoms with Gasteiger partial charge >= 0.3 is 0 Å². The molecule has 0 aliphatic carbocycles. The first kappa shape index (κ1) is 10.7. The molecule has 3 nitrogen and oxygen atoms in total. The molecule has 0 radical (unpaired) electrons. The van der Waals surface area contributed by atoms with Gasteiger partial charge in [0.05, 0.1) is 12.1 Å². The molecule has 0 amide bonds. The topological polar surface area (TPSA) is 47.3 Å². The van der Waals surface area contributed by atoms with E-state index in [2.05, 4.69) is 12.0 Å². The number of hydrogen-bond donors (Lipinski definition) is 2. The number of nitrogens with one attached hydrogen (secondary N) is 1. The monoisotopic (exact) mass is 184 g/mol. The van der Waals surface area contributed by atoms with E-state index in [-0.39, 0.29) is 12.1 Å². The van der Waals surface area contributed by atoms with Gasteiger partial charge in [-0.25, -0.2) is 0 Å². The van der Waals surface area contributed by atoms with E-state index < -0.39 is 0 Å². The molecule has 0 saturated carbocycles. The first-order valence-electron chi connectivity index (χ1n) is 4.96. The Labute approximate surface area is 80.3 Å². The van der Waals surface area contributed by atoms with E-state index in [1.165, 1.54) is 12.8 Å². The molecule has 0 spiro atoms. The quantitative estimate of drug-likeness (QED) is 0.394. The lowest BCUT2D eigenvalue weighted by molar-refractivity contribution is -0.00740. The van der Waals surface area contributed by atoms with Gasteiger partial charge in [0.15, 0.2) is 0 Å². The molecule has 1 heterocycles. The summed E-state index contributed by atoms with van der Waals surface area (Å²) in [5, 5.41) is 0. The highest BCUT2D eigenvalue weighted by atomic mass is 16.5. The summed E-state index contributed by atoms with van der Waals surface area (Å²) in [5.74, 6) is 5.48. The highest BCUT2D eigenvalue weighted by Crippen LogP contribution is 2.18. The van der Waals surface area contributed by atoms with Gasteiger partial charge in [0.1, 0.15) is 0 Å².